The number of fused-ring (bicyclic) bond motifs is 1. The normalized spacial score (nSPS) is 10.3. The minimum absolute atomic E-state index is 0.517. The van der Waals surface area contributed by atoms with Gasteiger partial charge in [-0.25, -0.2) is 4.98 Å². The molecule has 2 aromatic rings. The number of hydrogen-bond donors (Lipinski definition) is 1. The van der Waals surface area contributed by atoms with Gasteiger partial charge in [0.1, 0.15) is 16.1 Å². The zero-order valence-electron chi connectivity index (χ0n) is 8.40. The summed E-state index contributed by atoms with van der Waals surface area (Å²) in [4.78, 5) is 7.01. The van der Waals surface area contributed by atoms with Gasteiger partial charge < -0.3 is 14.5 Å². The quantitative estimate of drug-likeness (QED) is 0.792. The number of nitrogens with zero attached hydrogens (tertiary/aromatic N) is 1. The Bertz CT molecular complexity index is 551. The average molecular weight is 222 g/mol. The topological polar surface area (TPSA) is 47.1 Å². The summed E-state index contributed by atoms with van der Waals surface area (Å²) in [6, 6.07) is 3.64. The molecule has 0 spiro atoms. The smallest absolute Gasteiger partial charge is 0.140 e. The Hall–Kier alpha value is -1.62. The molecular weight excluding hydrogens is 212 g/mol. The fraction of sp³-hybridized carbons (Fsp3) is 0.200. The summed E-state index contributed by atoms with van der Waals surface area (Å²) in [6.07, 6.45) is 1.56. The molecule has 2 rings (SSSR count). The third-order valence-corrected chi connectivity index (χ3v) is 2.46. The van der Waals surface area contributed by atoms with Gasteiger partial charge in [-0.2, -0.15) is 0 Å². The van der Waals surface area contributed by atoms with Crippen LogP contribution < -0.4 is 9.47 Å². The van der Waals surface area contributed by atoms with Crippen molar-refractivity contribution in [2.45, 2.75) is 0 Å². The summed E-state index contributed by atoms with van der Waals surface area (Å²) in [5, 5.41) is 0.802. The molecule has 0 radical (unpaired) electrons. The highest BCUT2D eigenvalue weighted by atomic mass is 32.1. The Labute approximate surface area is 91.9 Å². The van der Waals surface area contributed by atoms with E-state index in [0.29, 0.717) is 10.4 Å². The van der Waals surface area contributed by atoms with Crippen molar-refractivity contribution in [3.63, 3.8) is 0 Å². The van der Waals surface area contributed by atoms with Gasteiger partial charge in [-0.05, 0) is 0 Å². The zero-order chi connectivity index (χ0) is 10.8. The number of rotatable bonds is 2. The largest absolute Gasteiger partial charge is 0.497 e. The van der Waals surface area contributed by atoms with Crippen LogP contribution in [0.5, 0.6) is 11.5 Å². The Morgan fingerprint density at radius 3 is 2.73 bits per heavy atom. The van der Waals surface area contributed by atoms with Crippen LogP contribution in [-0.2, 0) is 0 Å². The number of hydrogen-bond acceptors (Lipinski definition) is 4. The Morgan fingerprint density at radius 2 is 2.07 bits per heavy atom. The third kappa shape index (κ3) is 1.66. The molecule has 15 heavy (non-hydrogen) atoms. The summed E-state index contributed by atoms with van der Waals surface area (Å²) in [7, 11) is 3.20. The van der Waals surface area contributed by atoms with Crippen molar-refractivity contribution in [1.82, 2.24) is 9.97 Å². The fourth-order valence-electron chi connectivity index (χ4n) is 1.43. The van der Waals surface area contributed by atoms with Crippen LogP contribution in [0.2, 0.25) is 0 Å². The second kappa shape index (κ2) is 3.86. The summed E-state index contributed by atoms with van der Waals surface area (Å²) in [5.74, 6) is 1.38. The summed E-state index contributed by atoms with van der Waals surface area (Å²) in [6.45, 7) is 0. The molecule has 78 valence electrons. The SMILES string of the molecule is COc1cc(OC)c2c(=S)nc[nH]c2c1. The van der Waals surface area contributed by atoms with E-state index in [4.69, 9.17) is 21.7 Å². The van der Waals surface area contributed by atoms with Gasteiger partial charge in [0.25, 0.3) is 0 Å². The second-order valence-electron chi connectivity index (χ2n) is 2.96. The first-order valence-electron chi connectivity index (χ1n) is 4.35. The minimum atomic E-state index is 0.517. The van der Waals surface area contributed by atoms with Gasteiger partial charge in [-0.3, -0.25) is 0 Å². The number of benzene rings is 1. The van der Waals surface area contributed by atoms with E-state index in [2.05, 4.69) is 9.97 Å². The molecule has 1 N–H and O–H groups in total. The van der Waals surface area contributed by atoms with Crippen LogP contribution in [0.15, 0.2) is 18.5 Å². The maximum absolute atomic E-state index is 5.24. The number of aromatic nitrogens is 2. The molecule has 0 bridgehead atoms. The lowest BCUT2D eigenvalue weighted by atomic mass is 10.2. The predicted molar refractivity (Wildman–Crippen MR) is 60.0 cm³/mol. The Morgan fingerprint density at radius 1 is 1.27 bits per heavy atom. The molecule has 0 saturated carbocycles. The first-order valence-corrected chi connectivity index (χ1v) is 4.76. The first kappa shape index (κ1) is 9.92. The van der Waals surface area contributed by atoms with Crippen LogP contribution in [-0.4, -0.2) is 24.2 Å². The van der Waals surface area contributed by atoms with Crippen LogP contribution in [0.25, 0.3) is 10.9 Å². The van der Waals surface area contributed by atoms with Gasteiger partial charge >= 0.3 is 0 Å². The van der Waals surface area contributed by atoms with E-state index < -0.39 is 0 Å². The Kier molecular flexibility index (Phi) is 2.55. The number of aromatic amines is 1. The van der Waals surface area contributed by atoms with Crippen molar-refractivity contribution in [3.8, 4) is 11.5 Å². The molecule has 1 aromatic carbocycles. The molecule has 1 heterocycles. The molecule has 0 atom stereocenters. The van der Waals surface area contributed by atoms with Crippen LogP contribution in [0.4, 0.5) is 0 Å². The van der Waals surface area contributed by atoms with E-state index in [1.807, 2.05) is 6.07 Å². The van der Waals surface area contributed by atoms with Crippen molar-refractivity contribution in [1.29, 1.82) is 0 Å². The Balaban J connectivity index is 2.87. The van der Waals surface area contributed by atoms with Crippen LogP contribution in [0, 0.1) is 4.64 Å². The molecule has 0 aliphatic rings. The van der Waals surface area contributed by atoms with E-state index in [9.17, 15) is 0 Å². The lowest BCUT2D eigenvalue weighted by Crippen LogP contribution is -1.92. The summed E-state index contributed by atoms with van der Waals surface area (Å²) >= 11 is 5.14. The van der Waals surface area contributed by atoms with Crippen molar-refractivity contribution < 1.29 is 9.47 Å². The second-order valence-corrected chi connectivity index (χ2v) is 3.35. The molecular formula is C10H10N2O2S. The number of methoxy groups -OCH3 is 2. The van der Waals surface area contributed by atoms with E-state index >= 15 is 0 Å². The lowest BCUT2D eigenvalue weighted by Gasteiger charge is -2.07. The molecule has 1 aromatic heterocycles. The standard InChI is InChI=1S/C10H10N2O2S/c1-13-6-3-7-9(8(4-6)14-2)10(15)12-5-11-7/h3-5H,1-2H3,(H,11,12,15). The van der Waals surface area contributed by atoms with Gasteiger partial charge in [-0.15, -0.1) is 0 Å². The average Bonchev–Trinajstić information content (AvgIpc) is 2.27. The van der Waals surface area contributed by atoms with Crippen LogP contribution in [0.3, 0.4) is 0 Å². The van der Waals surface area contributed by atoms with Gasteiger partial charge in [0.2, 0.25) is 0 Å². The first-order chi connectivity index (χ1) is 7.26. The number of nitrogens with one attached hydrogen (secondary N) is 1. The lowest BCUT2D eigenvalue weighted by molar-refractivity contribution is 0.397. The molecule has 5 heteroatoms. The van der Waals surface area contributed by atoms with Crippen molar-refractivity contribution in [2.24, 2.45) is 0 Å². The predicted octanol–water partition coefficient (Wildman–Crippen LogP) is 2.31. The fourth-order valence-corrected chi connectivity index (χ4v) is 1.69. The number of H-pyrrole nitrogens is 1. The maximum atomic E-state index is 5.24. The minimum Gasteiger partial charge on any atom is -0.497 e. The van der Waals surface area contributed by atoms with Crippen molar-refractivity contribution in [2.75, 3.05) is 14.2 Å². The molecule has 4 nitrogen and oxygen atoms in total. The molecule has 0 unspecified atom stereocenters. The highest BCUT2D eigenvalue weighted by molar-refractivity contribution is 7.71. The van der Waals surface area contributed by atoms with Gasteiger partial charge in [-0.1, -0.05) is 12.2 Å². The van der Waals surface area contributed by atoms with Crippen molar-refractivity contribution >= 4 is 23.1 Å². The van der Waals surface area contributed by atoms with Gasteiger partial charge in [0.15, 0.2) is 0 Å². The monoisotopic (exact) mass is 222 g/mol. The van der Waals surface area contributed by atoms with E-state index in [1.165, 1.54) is 0 Å². The summed E-state index contributed by atoms with van der Waals surface area (Å²) < 4.78 is 10.9. The van der Waals surface area contributed by atoms with E-state index in [1.54, 1.807) is 26.6 Å². The van der Waals surface area contributed by atoms with E-state index in [-0.39, 0.29) is 0 Å². The molecule has 0 aliphatic heterocycles. The number of ether oxygens (including phenoxy) is 2. The third-order valence-electron chi connectivity index (χ3n) is 2.15. The van der Waals surface area contributed by atoms with Crippen LogP contribution in [0.1, 0.15) is 0 Å². The van der Waals surface area contributed by atoms with Gasteiger partial charge in [0, 0.05) is 12.1 Å². The van der Waals surface area contributed by atoms with E-state index in [0.717, 1.165) is 16.7 Å². The maximum Gasteiger partial charge on any atom is 0.140 e. The zero-order valence-corrected chi connectivity index (χ0v) is 9.22. The van der Waals surface area contributed by atoms with Crippen molar-refractivity contribution in [3.05, 3.63) is 23.1 Å². The highest BCUT2D eigenvalue weighted by Crippen LogP contribution is 2.29. The van der Waals surface area contributed by atoms with Gasteiger partial charge in [0.05, 0.1) is 31.4 Å². The molecule has 0 amide bonds. The summed E-state index contributed by atoms with van der Waals surface area (Å²) in [5.41, 5.74) is 0.853. The highest BCUT2D eigenvalue weighted by Gasteiger charge is 2.06. The molecule has 0 saturated heterocycles. The van der Waals surface area contributed by atoms with Crippen LogP contribution >= 0.6 is 12.2 Å². The molecule has 0 fully saturated rings. The molecule has 0 aliphatic carbocycles.